The molecule has 0 aromatic carbocycles. The van der Waals surface area contributed by atoms with Crippen LogP contribution in [0.5, 0.6) is 0 Å². The molecule has 1 atom stereocenters. The van der Waals surface area contributed by atoms with Gasteiger partial charge < -0.3 is 14.2 Å². The van der Waals surface area contributed by atoms with Crippen molar-refractivity contribution in [2.24, 2.45) is 0 Å². The highest BCUT2D eigenvalue weighted by Gasteiger charge is 2.19. The molecule has 0 aromatic heterocycles. The van der Waals surface area contributed by atoms with Crippen molar-refractivity contribution in [3.63, 3.8) is 0 Å². The summed E-state index contributed by atoms with van der Waals surface area (Å²) in [4.78, 5) is 38.3. The summed E-state index contributed by atoms with van der Waals surface area (Å²) in [6.45, 7) is 6.54. The van der Waals surface area contributed by atoms with E-state index in [0.717, 1.165) is 103 Å². The maximum atomic E-state index is 12.9. The van der Waals surface area contributed by atoms with Gasteiger partial charge in [-0.3, -0.25) is 14.4 Å². The van der Waals surface area contributed by atoms with Crippen LogP contribution in [0.15, 0.2) is 72.9 Å². The highest BCUT2D eigenvalue weighted by atomic mass is 16.6. The SMILES string of the molecule is CC/C=C\C/C=C\C/C=C\C/C=C\CCCCCCC(=O)OC(COC(=O)CCCCCCCCCCCCCCC/C=C\C/C=C\CCCCCCC)COC(=O)CCCCCCCCCCCCCCCCCC. The van der Waals surface area contributed by atoms with E-state index in [1.807, 2.05) is 0 Å². The molecule has 76 heavy (non-hydrogen) atoms. The van der Waals surface area contributed by atoms with E-state index in [9.17, 15) is 14.4 Å². The molecular formula is C70H124O6. The highest BCUT2D eigenvalue weighted by Crippen LogP contribution is 2.17. The average molecular weight is 1060 g/mol. The van der Waals surface area contributed by atoms with E-state index in [1.165, 1.54) is 193 Å². The second kappa shape index (κ2) is 64.4. The zero-order valence-corrected chi connectivity index (χ0v) is 50.5. The molecule has 0 rings (SSSR count). The topological polar surface area (TPSA) is 78.9 Å². The molecule has 6 heteroatoms. The Morgan fingerprint density at radius 3 is 0.803 bits per heavy atom. The molecule has 0 radical (unpaired) electrons. The first-order valence-electron chi connectivity index (χ1n) is 32.9. The zero-order valence-electron chi connectivity index (χ0n) is 50.5. The summed E-state index contributed by atoms with van der Waals surface area (Å²) in [6.07, 6.45) is 83.4. The Morgan fingerprint density at radius 2 is 0.513 bits per heavy atom. The van der Waals surface area contributed by atoms with Gasteiger partial charge in [-0.25, -0.2) is 0 Å². The number of unbranched alkanes of at least 4 members (excludes halogenated alkanes) is 37. The highest BCUT2D eigenvalue weighted by molar-refractivity contribution is 5.71. The molecule has 0 amide bonds. The molecular weight excluding hydrogens is 937 g/mol. The molecule has 0 saturated heterocycles. The second-order valence-electron chi connectivity index (χ2n) is 22.0. The summed E-state index contributed by atoms with van der Waals surface area (Å²) in [5, 5.41) is 0. The maximum Gasteiger partial charge on any atom is 0.306 e. The van der Waals surface area contributed by atoms with Gasteiger partial charge in [0.1, 0.15) is 13.2 Å². The molecule has 0 spiro atoms. The van der Waals surface area contributed by atoms with Crippen molar-refractivity contribution in [2.45, 2.75) is 341 Å². The summed E-state index contributed by atoms with van der Waals surface area (Å²) in [7, 11) is 0. The summed E-state index contributed by atoms with van der Waals surface area (Å²) in [5.41, 5.74) is 0. The number of hydrogen-bond donors (Lipinski definition) is 0. The van der Waals surface area contributed by atoms with Crippen molar-refractivity contribution in [3.05, 3.63) is 72.9 Å². The van der Waals surface area contributed by atoms with Crippen LogP contribution >= 0.6 is 0 Å². The average Bonchev–Trinajstić information content (AvgIpc) is 3.42. The van der Waals surface area contributed by atoms with E-state index < -0.39 is 6.10 Å². The number of allylic oxidation sites excluding steroid dienone is 12. The fraction of sp³-hybridized carbons (Fsp3) is 0.786. The number of rotatable bonds is 60. The van der Waals surface area contributed by atoms with Crippen molar-refractivity contribution in [1.29, 1.82) is 0 Å². The van der Waals surface area contributed by atoms with Gasteiger partial charge in [-0.15, -0.1) is 0 Å². The van der Waals surface area contributed by atoms with Gasteiger partial charge in [0, 0.05) is 19.3 Å². The van der Waals surface area contributed by atoms with Crippen molar-refractivity contribution in [3.8, 4) is 0 Å². The Bertz CT molecular complexity index is 1400. The third kappa shape index (κ3) is 61.7. The molecule has 0 aliphatic rings. The van der Waals surface area contributed by atoms with E-state index in [2.05, 4.69) is 93.7 Å². The summed E-state index contributed by atoms with van der Waals surface area (Å²) < 4.78 is 16.9. The monoisotopic (exact) mass is 1060 g/mol. The predicted molar refractivity (Wildman–Crippen MR) is 330 cm³/mol. The van der Waals surface area contributed by atoms with Crippen LogP contribution in [-0.4, -0.2) is 37.2 Å². The molecule has 440 valence electrons. The van der Waals surface area contributed by atoms with Crippen LogP contribution in [-0.2, 0) is 28.6 Å². The quantitative estimate of drug-likeness (QED) is 0.0261. The third-order valence-electron chi connectivity index (χ3n) is 14.4. The van der Waals surface area contributed by atoms with Crippen LogP contribution in [0, 0.1) is 0 Å². The van der Waals surface area contributed by atoms with E-state index in [0.29, 0.717) is 19.3 Å². The van der Waals surface area contributed by atoms with Gasteiger partial charge in [-0.1, -0.05) is 299 Å². The largest absolute Gasteiger partial charge is 0.462 e. The van der Waals surface area contributed by atoms with Crippen LogP contribution in [0.1, 0.15) is 335 Å². The third-order valence-corrected chi connectivity index (χ3v) is 14.4. The van der Waals surface area contributed by atoms with E-state index in [-0.39, 0.29) is 31.1 Å². The van der Waals surface area contributed by atoms with Gasteiger partial charge in [-0.2, -0.15) is 0 Å². The van der Waals surface area contributed by atoms with Crippen molar-refractivity contribution >= 4 is 17.9 Å². The van der Waals surface area contributed by atoms with Gasteiger partial charge in [0.15, 0.2) is 6.10 Å². The van der Waals surface area contributed by atoms with Crippen LogP contribution < -0.4 is 0 Å². The Kier molecular flexibility index (Phi) is 61.7. The van der Waals surface area contributed by atoms with Gasteiger partial charge in [0.25, 0.3) is 0 Å². The Balaban J connectivity index is 4.33. The minimum absolute atomic E-state index is 0.0821. The molecule has 0 aliphatic heterocycles. The van der Waals surface area contributed by atoms with Crippen LogP contribution in [0.4, 0.5) is 0 Å². The van der Waals surface area contributed by atoms with Crippen molar-refractivity contribution in [2.75, 3.05) is 13.2 Å². The zero-order chi connectivity index (χ0) is 55.0. The molecule has 0 N–H and O–H groups in total. The Hall–Kier alpha value is -3.15. The Morgan fingerprint density at radius 1 is 0.276 bits per heavy atom. The van der Waals surface area contributed by atoms with Gasteiger partial charge in [0.05, 0.1) is 0 Å². The standard InChI is InChI=1S/C70H124O6/c1-4-7-10-13-16-19-22-25-28-31-32-33-34-35-36-37-38-40-42-45-48-51-54-57-60-63-69(72)75-66-67(65-74-68(71)62-59-56-53-50-47-44-41-30-27-24-21-18-15-12-9-6-3)76-70(73)64-61-58-55-52-49-46-43-39-29-26-23-20-17-14-11-8-5-2/h8,11,17,20,22,25-26,29,31-32,43,46,67H,4-7,9-10,12-16,18-19,21,23-24,27-28,30,33-42,44-45,47-66H2,1-3H3/b11-8-,20-17-,25-22-,29-26-,32-31-,46-43-. The lowest BCUT2D eigenvalue weighted by Gasteiger charge is -2.18. The molecule has 0 fully saturated rings. The minimum Gasteiger partial charge on any atom is -0.462 e. The predicted octanol–water partition coefficient (Wildman–Crippen LogP) is 22.5. The lowest BCUT2D eigenvalue weighted by molar-refractivity contribution is -0.167. The molecule has 0 heterocycles. The fourth-order valence-electron chi connectivity index (χ4n) is 9.53. The van der Waals surface area contributed by atoms with Crippen molar-refractivity contribution < 1.29 is 28.6 Å². The summed E-state index contributed by atoms with van der Waals surface area (Å²) in [6, 6.07) is 0. The molecule has 6 nitrogen and oxygen atoms in total. The van der Waals surface area contributed by atoms with Crippen molar-refractivity contribution in [1.82, 2.24) is 0 Å². The van der Waals surface area contributed by atoms with E-state index in [4.69, 9.17) is 14.2 Å². The minimum atomic E-state index is -0.788. The summed E-state index contributed by atoms with van der Waals surface area (Å²) in [5.74, 6) is -0.889. The smallest absolute Gasteiger partial charge is 0.306 e. The number of carbonyl (C=O) groups excluding carboxylic acids is 3. The first-order chi connectivity index (χ1) is 37.5. The number of hydrogen-bond acceptors (Lipinski definition) is 6. The van der Waals surface area contributed by atoms with Crippen LogP contribution in [0.25, 0.3) is 0 Å². The van der Waals surface area contributed by atoms with Gasteiger partial charge in [0.2, 0.25) is 0 Å². The number of ether oxygens (including phenoxy) is 3. The molecule has 0 aromatic rings. The normalized spacial score (nSPS) is 12.5. The van der Waals surface area contributed by atoms with Crippen LogP contribution in [0.2, 0.25) is 0 Å². The first kappa shape index (κ1) is 72.8. The lowest BCUT2D eigenvalue weighted by atomic mass is 10.0. The number of esters is 3. The molecule has 0 bridgehead atoms. The van der Waals surface area contributed by atoms with E-state index in [1.54, 1.807) is 0 Å². The number of carbonyl (C=O) groups is 3. The van der Waals surface area contributed by atoms with Gasteiger partial charge >= 0.3 is 17.9 Å². The van der Waals surface area contributed by atoms with Crippen LogP contribution in [0.3, 0.4) is 0 Å². The van der Waals surface area contributed by atoms with E-state index >= 15 is 0 Å². The second-order valence-corrected chi connectivity index (χ2v) is 22.0. The lowest BCUT2D eigenvalue weighted by Crippen LogP contribution is -2.30. The molecule has 0 saturated carbocycles. The molecule has 0 aliphatic carbocycles. The molecule has 1 unspecified atom stereocenters. The first-order valence-corrected chi connectivity index (χ1v) is 32.9. The van der Waals surface area contributed by atoms with Gasteiger partial charge in [-0.05, 0) is 89.9 Å². The maximum absolute atomic E-state index is 12.9. The Labute approximate surface area is 472 Å². The fourth-order valence-corrected chi connectivity index (χ4v) is 9.53. The summed E-state index contributed by atoms with van der Waals surface area (Å²) >= 11 is 0.